The lowest BCUT2D eigenvalue weighted by Gasteiger charge is -2.25. The van der Waals surface area contributed by atoms with Crippen LogP contribution in [0.2, 0.25) is 0 Å². The first-order chi connectivity index (χ1) is 14.1. The third-order valence-electron chi connectivity index (χ3n) is 4.99. The lowest BCUT2D eigenvalue weighted by molar-refractivity contribution is 0.0313. The minimum Gasteiger partial charge on any atom is -0.467 e. The summed E-state index contributed by atoms with van der Waals surface area (Å²) in [5.74, 6) is 0.335. The topological polar surface area (TPSA) is 74.6 Å². The summed E-state index contributed by atoms with van der Waals surface area (Å²) >= 11 is 0. The molecule has 152 valence electrons. The summed E-state index contributed by atoms with van der Waals surface area (Å²) < 4.78 is 24.1. The predicted molar refractivity (Wildman–Crippen MR) is 105 cm³/mol. The molecule has 0 spiro atoms. The van der Waals surface area contributed by atoms with Crippen molar-refractivity contribution in [3.05, 3.63) is 65.5 Å². The van der Waals surface area contributed by atoms with Gasteiger partial charge in [0, 0.05) is 37.8 Å². The number of nitrogens with one attached hydrogen (secondary N) is 1. The molecule has 0 saturated carbocycles. The number of nitrogens with zero attached hydrogens (tertiary/aromatic N) is 3. The molecular formula is C21H23FN4O3. The summed E-state index contributed by atoms with van der Waals surface area (Å²) in [6.45, 7) is 4.18. The number of furan rings is 1. The zero-order valence-electron chi connectivity index (χ0n) is 16.2. The fourth-order valence-electron chi connectivity index (χ4n) is 3.40. The lowest BCUT2D eigenvalue weighted by Crippen LogP contribution is -2.35. The molecule has 8 heteroatoms. The lowest BCUT2D eigenvalue weighted by atomic mass is 10.1. The maximum Gasteiger partial charge on any atom is 0.257 e. The summed E-state index contributed by atoms with van der Waals surface area (Å²) in [5, 5.41) is 7.01. The second kappa shape index (κ2) is 8.59. The van der Waals surface area contributed by atoms with Crippen molar-refractivity contribution in [1.29, 1.82) is 0 Å². The van der Waals surface area contributed by atoms with Crippen molar-refractivity contribution < 1.29 is 18.3 Å². The third-order valence-corrected chi connectivity index (χ3v) is 4.99. The number of halogens is 1. The fraction of sp³-hybridized carbons (Fsp3) is 0.333. The Morgan fingerprint density at radius 1 is 1.28 bits per heavy atom. The van der Waals surface area contributed by atoms with Gasteiger partial charge >= 0.3 is 0 Å². The second-order valence-electron chi connectivity index (χ2n) is 7.13. The van der Waals surface area contributed by atoms with Crippen molar-refractivity contribution in [2.75, 3.05) is 33.4 Å². The van der Waals surface area contributed by atoms with E-state index in [1.54, 1.807) is 36.3 Å². The SMILES string of the molecule is CN(Cc1cn[nH]c1-c1ccc(F)cc1)C(=O)c1coc(CN2CCOCC2)c1. The molecule has 1 amide bonds. The van der Waals surface area contributed by atoms with Crippen molar-refractivity contribution in [1.82, 2.24) is 20.0 Å². The molecule has 0 unspecified atom stereocenters. The minimum absolute atomic E-state index is 0.131. The van der Waals surface area contributed by atoms with Crippen LogP contribution in [0.15, 0.2) is 47.2 Å². The van der Waals surface area contributed by atoms with Gasteiger partial charge in [0.25, 0.3) is 5.91 Å². The number of benzene rings is 1. The molecule has 3 heterocycles. The predicted octanol–water partition coefficient (Wildman–Crippen LogP) is 2.91. The molecule has 7 nitrogen and oxygen atoms in total. The number of carbonyl (C=O) groups excluding carboxylic acids is 1. The number of rotatable bonds is 6. The Hall–Kier alpha value is -2.97. The van der Waals surface area contributed by atoms with Crippen LogP contribution < -0.4 is 0 Å². The number of hydrogen-bond acceptors (Lipinski definition) is 5. The Balaban J connectivity index is 1.41. The van der Waals surface area contributed by atoms with Crippen molar-refractivity contribution >= 4 is 5.91 Å². The van der Waals surface area contributed by atoms with Crippen LogP contribution in [0.4, 0.5) is 4.39 Å². The molecule has 3 aromatic rings. The summed E-state index contributed by atoms with van der Waals surface area (Å²) in [6, 6.07) is 7.96. The molecule has 1 fully saturated rings. The van der Waals surface area contributed by atoms with E-state index in [4.69, 9.17) is 9.15 Å². The standard InChI is InChI=1S/C21H23FN4O3/c1-25(12-17-11-23-24-20(17)15-2-4-18(22)5-3-15)21(27)16-10-19(29-14-16)13-26-6-8-28-9-7-26/h2-5,10-11,14H,6-9,12-13H2,1H3,(H,23,24). The van der Waals surface area contributed by atoms with Gasteiger partial charge in [-0.3, -0.25) is 14.8 Å². The van der Waals surface area contributed by atoms with E-state index in [1.807, 2.05) is 0 Å². The number of hydrogen-bond donors (Lipinski definition) is 1. The fourth-order valence-corrected chi connectivity index (χ4v) is 3.40. The van der Waals surface area contributed by atoms with Gasteiger partial charge in [0.1, 0.15) is 17.8 Å². The monoisotopic (exact) mass is 398 g/mol. The molecule has 0 bridgehead atoms. The summed E-state index contributed by atoms with van der Waals surface area (Å²) in [4.78, 5) is 16.7. The quantitative estimate of drug-likeness (QED) is 0.691. The van der Waals surface area contributed by atoms with E-state index >= 15 is 0 Å². The van der Waals surface area contributed by atoms with Crippen molar-refractivity contribution in [3.63, 3.8) is 0 Å². The minimum atomic E-state index is -0.296. The van der Waals surface area contributed by atoms with Crippen LogP contribution in [-0.4, -0.2) is 59.3 Å². The first kappa shape index (κ1) is 19.4. The third kappa shape index (κ3) is 4.55. The zero-order valence-corrected chi connectivity index (χ0v) is 16.2. The van der Waals surface area contributed by atoms with Gasteiger partial charge in [-0.25, -0.2) is 4.39 Å². The van der Waals surface area contributed by atoms with Crippen LogP contribution in [-0.2, 0) is 17.8 Å². The Kier molecular flexibility index (Phi) is 5.73. The first-order valence-corrected chi connectivity index (χ1v) is 9.51. The average molecular weight is 398 g/mol. The maximum atomic E-state index is 13.2. The molecule has 1 aliphatic heterocycles. The molecular weight excluding hydrogens is 375 g/mol. The summed E-state index contributed by atoms with van der Waals surface area (Å²) in [7, 11) is 1.73. The number of morpholine rings is 1. The molecule has 2 aromatic heterocycles. The highest BCUT2D eigenvalue weighted by molar-refractivity contribution is 5.93. The molecule has 4 rings (SSSR count). The Bertz CT molecular complexity index is 960. The highest BCUT2D eigenvalue weighted by Gasteiger charge is 2.19. The van der Waals surface area contributed by atoms with E-state index in [1.165, 1.54) is 18.4 Å². The molecule has 29 heavy (non-hydrogen) atoms. The number of aromatic amines is 1. The highest BCUT2D eigenvalue weighted by atomic mass is 19.1. The van der Waals surface area contributed by atoms with E-state index in [-0.39, 0.29) is 11.7 Å². The highest BCUT2D eigenvalue weighted by Crippen LogP contribution is 2.23. The van der Waals surface area contributed by atoms with Crippen LogP contribution in [0.1, 0.15) is 21.7 Å². The van der Waals surface area contributed by atoms with Gasteiger partial charge in [0.2, 0.25) is 0 Å². The molecule has 0 aliphatic carbocycles. The maximum absolute atomic E-state index is 13.2. The molecule has 1 saturated heterocycles. The normalized spacial score (nSPS) is 14.8. The van der Waals surface area contributed by atoms with E-state index in [2.05, 4.69) is 15.1 Å². The Labute approximate surface area is 168 Å². The van der Waals surface area contributed by atoms with Gasteiger partial charge in [0.15, 0.2) is 0 Å². The summed E-state index contributed by atoms with van der Waals surface area (Å²) in [5.41, 5.74) is 2.95. The average Bonchev–Trinajstić information content (AvgIpc) is 3.38. The van der Waals surface area contributed by atoms with E-state index in [0.29, 0.717) is 18.7 Å². The molecule has 1 N–H and O–H groups in total. The van der Waals surface area contributed by atoms with E-state index in [9.17, 15) is 9.18 Å². The number of amides is 1. The van der Waals surface area contributed by atoms with Crippen LogP contribution in [0.3, 0.4) is 0 Å². The number of H-pyrrole nitrogens is 1. The number of ether oxygens (including phenoxy) is 1. The molecule has 0 radical (unpaired) electrons. The van der Waals surface area contributed by atoms with Gasteiger partial charge in [0.05, 0.1) is 37.2 Å². The Morgan fingerprint density at radius 3 is 2.79 bits per heavy atom. The van der Waals surface area contributed by atoms with Gasteiger partial charge in [-0.1, -0.05) is 0 Å². The van der Waals surface area contributed by atoms with Crippen molar-refractivity contribution in [2.45, 2.75) is 13.1 Å². The van der Waals surface area contributed by atoms with Gasteiger partial charge in [-0.15, -0.1) is 0 Å². The van der Waals surface area contributed by atoms with Gasteiger partial charge in [-0.2, -0.15) is 5.10 Å². The Morgan fingerprint density at radius 2 is 2.03 bits per heavy atom. The first-order valence-electron chi connectivity index (χ1n) is 9.51. The van der Waals surface area contributed by atoms with Gasteiger partial charge in [-0.05, 0) is 30.3 Å². The van der Waals surface area contributed by atoms with Crippen molar-refractivity contribution in [3.8, 4) is 11.3 Å². The van der Waals surface area contributed by atoms with E-state index < -0.39 is 0 Å². The van der Waals surface area contributed by atoms with Crippen LogP contribution in [0, 0.1) is 5.82 Å². The second-order valence-corrected chi connectivity index (χ2v) is 7.13. The molecule has 1 aliphatic rings. The van der Waals surface area contributed by atoms with E-state index in [0.717, 1.165) is 48.9 Å². The van der Waals surface area contributed by atoms with Crippen molar-refractivity contribution in [2.24, 2.45) is 0 Å². The van der Waals surface area contributed by atoms with Gasteiger partial charge < -0.3 is 14.1 Å². The number of aromatic nitrogens is 2. The largest absolute Gasteiger partial charge is 0.467 e. The summed E-state index contributed by atoms with van der Waals surface area (Å²) in [6.07, 6.45) is 3.19. The molecule has 0 atom stereocenters. The zero-order chi connectivity index (χ0) is 20.2. The van der Waals surface area contributed by atoms with Crippen LogP contribution in [0.5, 0.6) is 0 Å². The van der Waals surface area contributed by atoms with Crippen LogP contribution in [0.25, 0.3) is 11.3 Å². The number of carbonyl (C=O) groups is 1. The molecule has 1 aromatic carbocycles. The smallest absolute Gasteiger partial charge is 0.257 e. The van der Waals surface area contributed by atoms with Crippen LogP contribution >= 0.6 is 0 Å².